The zero-order valence-corrected chi connectivity index (χ0v) is 8.79. The highest BCUT2D eigenvalue weighted by Crippen LogP contribution is 2.16. The summed E-state index contributed by atoms with van der Waals surface area (Å²) in [7, 11) is 0. The molecule has 4 heteroatoms. The Kier molecular flexibility index (Phi) is 4.49. The first-order valence-corrected chi connectivity index (χ1v) is 4.99. The maximum atomic E-state index is 12.2. The van der Waals surface area contributed by atoms with Gasteiger partial charge in [-0.3, -0.25) is 0 Å². The maximum Gasteiger partial charge on any atom is 0.255 e. The number of anilines is 1. The van der Waals surface area contributed by atoms with E-state index in [1.54, 1.807) is 4.90 Å². The van der Waals surface area contributed by atoms with Crippen LogP contribution >= 0.6 is 0 Å². The van der Waals surface area contributed by atoms with Crippen LogP contribution in [0.25, 0.3) is 0 Å². The molecule has 0 unspecified atom stereocenters. The molecule has 15 heavy (non-hydrogen) atoms. The quantitative estimate of drug-likeness (QED) is 0.814. The molecule has 0 aromatic heterocycles. The largest absolute Gasteiger partial charge is 0.366 e. The Balaban J connectivity index is 2.74. The van der Waals surface area contributed by atoms with Crippen LogP contribution in [0.4, 0.5) is 14.5 Å². The fraction of sp³-hybridized carbons (Fsp3) is 0.455. The molecule has 0 saturated carbocycles. The highest BCUT2D eigenvalue weighted by molar-refractivity contribution is 5.47. The van der Waals surface area contributed by atoms with E-state index >= 15 is 0 Å². The number of nitrogens with two attached hydrogens (primary N) is 1. The molecule has 2 nitrogen and oxygen atoms in total. The minimum absolute atomic E-state index is 0.224. The molecule has 1 aromatic carbocycles. The van der Waals surface area contributed by atoms with Crippen molar-refractivity contribution in [3.63, 3.8) is 0 Å². The van der Waals surface area contributed by atoms with Crippen LogP contribution in [0.1, 0.15) is 12.5 Å². The van der Waals surface area contributed by atoms with Crippen molar-refractivity contribution in [1.82, 2.24) is 0 Å². The number of benzene rings is 1. The molecule has 2 N–H and O–H groups in total. The molecule has 0 aliphatic heterocycles. The molecular formula is C11H16F2N2. The number of nitrogens with zero attached hydrogens (tertiary/aromatic N) is 1. The zero-order valence-electron chi connectivity index (χ0n) is 8.79. The van der Waals surface area contributed by atoms with Gasteiger partial charge >= 0.3 is 0 Å². The summed E-state index contributed by atoms with van der Waals surface area (Å²) in [5.74, 6) is 0. The molecule has 0 radical (unpaired) electrons. The SMILES string of the molecule is CCN(CC(F)F)c1ccc(CN)cc1. The Hall–Kier alpha value is -1.16. The lowest BCUT2D eigenvalue weighted by Gasteiger charge is -2.22. The number of hydrogen-bond acceptors (Lipinski definition) is 2. The predicted octanol–water partition coefficient (Wildman–Crippen LogP) is 2.24. The third-order valence-electron chi connectivity index (χ3n) is 2.28. The molecule has 0 aliphatic carbocycles. The molecule has 0 atom stereocenters. The number of rotatable bonds is 5. The molecule has 0 heterocycles. The molecule has 1 rings (SSSR count). The van der Waals surface area contributed by atoms with Crippen molar-refractivity contribution in [2.24, 2.45) is 5.73 Å². The average Bonchev–Trinajstić information content (AvgIpc) is 2.26. The lowest BCUT2D eigenvalue weighted by molar-refractivity contribution is 0.155. The van der Waals surface area contributed by atoms with Crippen LogP contribution in [0.5, 0.6) is 0 Å². The van der Waals surface area contributed by atoms with Gasteiger partial charge in [0.05, 0.1) is 6.54 Å². The van der Waals surface area contributed by atoms with Gasteiger partial charge in [0.1, 0.15) is 0 Å². The zero-order chi connectivity index (χ0) is 11.3. The van der Waals surface area contributed by atoms with E-state index in [9.17, 15) is 8.78 Å². The number of hydrogen-bond donors (Lipinski definition) is 1. The van der Waals surface area contributed by atoms with Crippen molar-refractivity contribution < 1.29 is 8.78 Å². The topological polar surface area (TPSA) is 29.3 Å². The van der Waals surface area contributed by atoms with E-state index in [-0.39, 0.29) is 6.54 Å². The minimum Gasteiger partial charge on any atom is -0.366 e. The van der Waals surface area contributed by atoms with Gasteiger partial charge in [-0.1, -0.05) is 12.1 Å². The highest BCUT2D eigenvalue weighted by atomic mass is 19.3. The maximum absolute atomic E-state index is 12.2. The van der Waals surface area contributed by atoms with Crippen LogP contribution in [-0.4, -0.2) is 19.5 Å². The van der Waals surface area contributed by atoms with Gasteiger partial charge in [-0.2, -0.15) is 0 Å². The van der Waals surface area contributed by atoms with E-state index in [2.05, 4.69) is 0 Å². The summed E-state index contributed by atoms with van der Waals surface area (Å²) in [5, 5.41) is 0. The van der Waals surface area contributed by atoms with E-state index in [4.69, 9.17) is 5.73 Å². The van der Waals surface area contributed by atoms with Gasteiger partial charge in [0.15, 0.2) is 0 Å². The van der Waals surface area contributed by atoms with Crippen LogP contribution in [0.2, 0.25) is 0 Å². The lowest BCUT2D eigenvalue weighted by atomic mass is 10.2. The monoisotopic (exact) mass is 214 g/mol. The summed E-state index contributed by atoms with van der Waals surface area (Å²) < 4.78 is 24.5. The fourth-order valence-electron chi connectivity index (χ4n) is 1.43. The first-order valence-electron chi connectivity index (χ1n) is 4.99. The standard InChI is InChI=1S/C11H16F2N2/c1-2-15(8-11(12)13)10-5-3-9(7-14)4-6-10/h3-6,11H,2,7-8,14H2,1H3. The molecule has 0 spiro atoms. The van der Waals surface area contributed by atoms with Crippen LogP contribution in [-0.2, 0) is 6.54 Å². The van der Waals surface area contributed by atoms with Crippen LogP contribution in [0.15, 0.2) is 24.3 Å². The Morgan fingerprint density at radius 2 is 1.87 bits per heavy atom. The normalized spacial score (nSPS) is 10.7. The molecule has 0 bridgehead atoms. The Morgan fingerprint density at radius 3 is 2.27 bits per heavy atom. The van der Waals surface area contributed by atoms with E-state index < -0.39 is 6.43 Å². The summed E-state index contributed by atoms with van der Waals surface area (Å²) in [6, 6.07) is 7.38. The molecular weight excluding hydrogens is 198 g/mol. The van der Waals surface area contributed by atoms with E-state index in [0.29, 0.717) is 13.1 Å². The summed E-state index contributed by atoms with van der Waals surface area (Å²) in [6.07, 6.45) is -2.31. The lowest BCUT2D eigenvalue weighted by Crippen LogP contribution is -2.28. The third kappa shape index (κ3) is 3.47. The van der Waals surface area contributed by atoms with Crippen molar-refractivity contribution in [3.05, 3.63) is 29.8 Å². The van der Waals surface area contributed by atoms with Crippen molar-refractivity contribution in [2.45, 2.75) is 19.9 Å². The molecule has 1 aromatic rings. The first kappa shape index (κ1) is 11.9. The molecule has 0 fully saturated rings. The average molecular weight is 214 g/mol. The summed E-state index contributed by atoms with van der Waals surface area (Å²) in [6.45, 7) is 2.69. The van der Waals surface area contributed by atoms with Crippen molar-refractivity contribution in [2.75, 3.05) is 18.0 Å². The third-order valence-corrected chi connectivity index (χ3v) is 2.28. The van der Waals surface area contributed by atoms with Crippen LogP contribution in [0.3, 0.4) is 0 Å². The molecule has 0 aliphatic rings. The van der Waals surface area contributed by atoms with E-state index in [0.717, 1.165) is 11.3 Å². The second kappa shape index (κ2) is 5.66. The number of halogens is 2. The van der Waals surface area contributed by atoms with Gasteiger partial charge in [0.25, 0.3) is 6.43 Å². The molecule has 0 amide bonds. The van der Waals surface area contributed by atoms with Crippen molar-refractivity contribution >= 4 is 5.69 Å². The van der Waals surface area contributed by atoms with Gasteiger partial charge in [0, 0.05) is 18.8 Å². The summed E-state index contributed by atoms with van der Waals surface area (Å²) in [5.41, 5.74) is 7.28. The number of alkyl halides is 2. The minimum atomic E-state index is -2.31. The van der Waals surface area contributed by atoms with Crippen molar-refractivity contribution in [3.8, 4) is 0 Å². The Bertz CT molecular complexity index is 285. The molecule has 0 saturated heterocycles. The van der Waals surface area contributed by atoms with Crippen LogP contribution < -0.4 is 10.6 Å². The van der Waals surface area contributed by atoms with Gasteiger partial charge in [-0.25, -0.2) is 8.78 Å². The van der Waals surface area contributed by atoms with Gasteiger partial charge < -0.3 is 10.6 Å². The smallest absolute Gasteiger partial charge is 0.255 e. The Morgan fingerprint density at radius 1 is 1.27 bits per heavy atom. The summed E-state index contributed by atoms with van der Waals surface area (Å²) in [4.78, 5) is 1.64. The first-order chi connectivity index (χ1) is 7.17. The second-order valence-electron chi connectivity index (χ2n) is 3.30. The predicted molar refractivity (Wildman–Crippen MR) is 58.2 cm³/mol. The summed E-state index contributed by atoms with van der Waals surface area (Å²) >= 11 is 0. The molecule has 84 valence electrons. The second-order valence-corrected chi connectivity index (χ2v) is 3.30. The van der Waals surface area contributed by atoms with Gasteiger partial charge in [0.2, 0.25) is 0 Å². The Labute approximate surface area is 88.7 Å². The fourth-order valence-corrected chi connectivity index (χ4v) is 1.43. The van der Waals surface area contributed by atoms with E-state index in [1.165, 1.54) is 0 Å². The van der Waals surface area contributed by atoms with Gasteiger partial charge in [-0.15, -0.1) is 0 Å². The van der Waals surface area contributed by atoms with Crippen LogP contribution in [0, 0.1) is 0 Å². The highest BCUT2D eigenvalue weighted by Gasteiger charge is 2.10. The van der Waals surface area contributed by atoms with Gasteiger partial charge in [-0.05, 0) is 24.6 Å². The van der Waals surface area contributed by atoms with Crippen molar-refractivity contribution in [1.29, 1.82) is 0 Å². The van der Waals surface area contributed by atoms with E-state index in [1.807, 2.05) is 31.2 Å².